The van der Waals surface area contributed by atoms with Crippen LogP contribution in [0.25, 0.3) is 0 Å². The number of esters is 1. The zero-order valence-corrected chi connectivity index (χ0v) is 6.54. The van der Waals surface area contributed by atoms with Crippen molar-refractivity contribution < 1.29 is 9.53 Å². The summed E-state index contributed by atoms with van der Waals surface area (Å²) in [5.41, 5.74) is 1.12. The molecule has 0 saturated heterocycles. The first-order chi connectivity index (χ1) is 5.33. The minimum absolute atomic E-state index is 0.131. The van der Waals surface area contributed by atoms with E-state index in [0.29, 0.717) is 13.0 Å². The van der Waals surface area contributed by atoms with E-state index in [1.54, 1.807) is 12.4 Å². The summed E-state index contributed by atoms with van der Waals surface area (Å²) < 4.78 is 4.75. The summed E-state index contributed by atoms with van der Waals surface area (Å²) in [6.45, 7) is 2.27. The van der Waals surface area contributed by atoms with E-state index in [0.717, 1.165) is 12.0 Å². The number of hydrogen-bond acceptors (Lipinski definition) is 3. The Bertz CT molecular complexity index is 206. The quantitative estimate of drug-likeness (QED) is 0.571. The molecule has 0 saturated carbocycles. The monoisotopic (exact) mass is 153 g/mol. The van der Waals surface area contributed by atoms with Gasteiger partial charge < -0.3 is 4.74 Å². The molecule has 60 valence electrons. The van der Waals surface area contributed by atoms with E-state index >= 15 is 0 Å². The average molecular weight is 153 g/mol. The number of hydrogen-bond donors (Lipinski definition) is 0. The van der Waals surface area contributed by atoms with Gasteiger partial charge in [-0.25, -0.2) is 0 Å². The van der Waals surface area contributed by atoms with Crippen LogP contribution in [-0.4, -0.2) is 18.8 Å². The second-order valence-electron chi connectivity index (χ2n) is 2.29. The smallest absolute Gasteiger partial charge is 0.306 e. The van der Waals surface area contributed by atoms with Gasteiger partial charge in [-0.15, -0.1) is 0 Å². The summed E-state index contributed by atoms with van der Waals surface area (Å²) in [6, 6.07) is 0. The van der Waals surface area contributed by atoms with Gasteiger partial charge >= 0.3 is 5.97 Å². The second-order valence-corrected chi connectivity index (χ2v) is 2.29. The van der Waals surface area contributed by atoms with Gasteiger partial charge in [-0.05, 0) is 18.9 Å². The summed E-state index contributed by atoms with van der Waals surface area (Å²) in [6.07, 6.45) is 4.74. The molecule has 0 radical (unpaired) electrons. The molecule has 0 N–H and O–H groups in total. The Morgan fingerprint density at radius 1 is 1.73 bits per heavy atom. The van der Waals surface area contributed by atoms with Crippen LogP contribution in [0.1, 0.15) is 19.8 Å². The van der Waals surface area contributed by atoms with Crippen molar-refractivity contribution in [3.05, 3.63) is 11.8 Å². The van der Waals surface area contributed by atoms with Crippen LogP contribution in [0.15, 0.2) is 16.8 Å². The molecule has 0 aliphatic carbocycles. The first kappa shape index (κ1) is 7.98. The molecule has 0 fully saturated rings. The van der Waals surface area contributed by atoms with Crippen LogP contribution in [0, 0.1) is 0 Å². The standard InChI is InChI=1S/C8H11NO2/c1-2-11-8(10)4-3-7-5-9-6-7/h5-6H,2-4H2,1H3. The van der Waals surface area contributed by atoms with Gasteiger partial charge in [0.2, 0.25) is 0 Å². The highest BCUT2D eigenvalue weighted by Gasteiger charge is 2.05. The summed E-state index contributed by atoms with van der Waals surface area (Å²) in [7, 11) is 0. The lowest BCUT2D eigenvalue weighted by atomic mass is 10.1. The molecule has 1 heterocycles. The van der Waals surface area contributed by atoms with Gasteiger partial charge in [-0.3, -0.25) is 9.79 Å². The van der Waals surface area contributed by atoms with Crippen molar-refractivity contribution in [2.75, 3.05) is 6.61 Å². The predicted octanol–water partition coefficient (Wildman–Crippen LogP) is 1.30. The maximum Gasteiger partial charge on any atom is 0.306 e. The maximum absolute atomic E-state index is 10.8. The summed E-state index contributed by atoms with van der Waals surface area (Å²) in [5, 5.41) is 0. The van der Waals surface area contributed by atoms with Crippen molar-refractivity contribution in [2.45, 2.75) is 19.8 Å². The molecule has 0 amide bonds. The number of carbonyl (C=O) groups excluding carboxylic acids is 1. The molecular formula is C8H11NO2. The van der Waals surface area contributed by atoms with Crippen molar-refractivity contribution in [3.8, 4) is 0 Å². The third-order valence-electron chi connectivity index (χ3n) is 1.40. The van der Waals surface area contributed by atoms with Gasteiger partial charge in [-0.1, -0.05) is 0 Å². The van der Waals surface area contributed by atoms with Gasteiger partial charge in [-0.2, -0.15) is 0 Å². The normalized spacial score (nSPS) is 13.7. The second kappa shape index (κ2) is 3.91. The van der Waals surface area contributed by atoms with Crippen LogP contribution in [0.5, 0.6) is 0 Å². The van der Waals surface area contributed by atoms with E-state index in [2.05, 4.69) is 4.99 Å². The molecule has 1 aliphatic rings. The molecule has 0 bridgehead atoms. The number of rotatable bonds is 4. The fourth-order valence-corrected chi connectivity index (χ4v) is 0.789. The van der Waals surface area contributed by atoms with Gasteiger partial charge in [0.05, 0.1) is 6.61 Å². The van der Waals surface area contributed by atoms with Crippen LogP contribution in [0.2, 0.25) is 0 Å². The largest absolute Gasteiger partial charge is 0.466 e. The van der Waals surface area contributed by atoms with Gasteiger partial charge in [0.25, 0.3) is 0 Å². The van der Waals surface area contributed by atoms with E-state index < -0.39 is 0 Å². The first-order valence-corrected chi connectivity index (χ1v) is 3.70. The molecule has 11 heavy (non-hydrogen) atoms. The van der Waals surface area contributed by atoms with Crippen molar-refractivity contribution in [1.29, 1.82) is 0 Å². The molecule has 3 nitrogen and oxygen atoms in total. The highest BCUT2D eigenvalue weighted by atomic mass is 16.5. The molecule has 0 unspecified atom stereocenters. The van der Waals surface area contributed by atoms with Crippen molar-refractivity contribution in [1.82, 2.24) is 0 Å². The first-order valence-electron chi connectivity index (χ1n) is 3.70. The van der Waals surface area contributed by atoms with Crippen LogP contribution in [0.4, 0.5) is 0 Å². The van der Waals surface area contributed by atoms with Gasteiger partial charge in [0.15, 0.2) is 0 Å². The SMILES string of the molecule is CCOC(=O)CCC1=CN=C1. The highest BCUT2D eigenvalue weighted by molar-refractivity contribution is 5.85. The van der Waals surface area contributed by atoms with Crippen LogP contribution in [0.3, 0.4) is 0 Å². The molecule has 0 aromatic rings. The lowest BCUT2D eigenvalue weighted by Crippen LogP contribution is -2.05. The Morgan fingerprint density at radius 2 is 2.45 bits per heavy atom. The average Bonchev–Trinajstić information content (AvgIpc) is 1.85. The lowest BCUT2D eigenvalue weighted by molar-refractivity contribution is -0.143. The maximum atomic E-state index is 10.8. The Hall–Kier alpha value is -1.12. The fourth-order valence-electron chi connectivity index (χ4n) is 0.789. The molecule has 0 aromatic carbocycles. The zero-order chi connectivity index (χ0) is 8.10. The number of allylic oxidation sites excluding steroid dienone is 1. The molecular weight excluding hydrogens is 142 g/mol. The predicted molar refractivity (Wildman–Crippen MR) is 42.4 cm³/mol. The zero-order valence-electron chi connectivity index (χ0n) is 6.54. The third kappa shape index (κ3) is 2.53. The Labute approximate surface area is 65.8 Å². The van der Waals surface area contributed by atoms with Gasteiger partial charge in [0, 0.05) is 18.8 Å². The van der Waals surface area contributed by atoms with Crippen molar-refractivity contribution >= 4 is 12.2 Å². The van der Waals surface area contributed by atoms with Crippen LogP contribution < -0.4 is 0 Å². The Morgan fingerprint density at radius 3 is 2.91 bits per heavy atom. The molecule has 1 rings (SSSR count). The number of nitrogens with zero attached hydrogens (tertiary/aromatic N) is 1. The summed E-state index contributed by atoms with van der Waals surface area (Å²) >= 11 is 0. The molecule has 3 heteroatoms. The molecule has 0 spiro atoms. The Kier molecular flexibility index (Phi) is 2.83. The molecule has 0 atom stereocenters. The Balaban J connectivity index is 2.06. The van der Waals surface area contributed by atoms with Crippen LogP contribution in [-0.2, 0) is 9.53 Å². The van der Waals surface area contributed by atoms with E-state index in [9.17, 15) is 4.79 Å². The number of aliphatic imine (C=N–C) groups is 1. The minimum Gasteiger partial charge on any atom is -0.466 e. The van der Waals surface area contributed by atoms with E-state index in [1.165, 1.54) is 0 Å². The van der Waals surface area contributed by atoms with E-state index in [4.69, 9.17) is 4.74 Å². The fraction of sp³-hybridized carbons (Fsp3) is 0.500. The minimum atomic E-state index is -0.131. The van der Waals surface area contributed by atoms with E-state index in [-0.39, 0.29) is 5.97 Å². The number of carbonyl (C=O) groups is 1. The van der Waals surface area contributed by atoms with Crippen molar-refractivity contribution in [2.24, 2.45) is 4.99 Å². The summed E-state index contributed by atoms with van der Waals surface area (Å²) in [5.74, 6) is -0.131. The highest BCUT2D eigenvalue weighted by Crippen LogP contribution is 2.09. The summed E-state index contributed by atoms with van der Waals surface area (Å²) in [4.78, 5) is 14.6. The third-order valence-corrected chi connectivity index (χ3v) is 1.40. The number of ether oxygens (including phenoxy) is 1. The van der Waals surface area contributed by atoms with Gasteiger partial charge in [0.1, 0.15) is 0 Å². The van der Waals surface area contributed by atoms with Crippen molar-refractivity contribution in [3.63, 3.8) is 0 Å². The van der Waals surface area contributed by atoms with E-state index in [1.807, 2.05) is 6.92 Å². The molecule has 0 aromatic heterocycles. The molecule has 1 aliphatic heterocycles. The topological polar surface area (TPSA) is 38.7 Å². The van der Waals surface area contributed by atoms with Crippen LogP contribution >= 0.6 is 0 Å². The lowest BCUT2D eigenvalue weighted by Gasteiger charge is -2.04.